The van der Waals surface area contributed by atoms with Crippen molar-refractivity contribution in [3.63, 3.8) is 0 Å². The van der Waals surface area contributed by atoms with Crippen LogP contribution in [0.2, 0.25) is 0 Å². The molecule has 0 saturated carbocycles. The van der Waals surface area contributed by atoms with Gasteiger partial charge in [0, 0.05) is 5.57 Å². The van der Waals surface area contributed by atoms with E-state index in [1.165, 1.54) is 0 Å². The summed E-state index contributed by atoms with van der Waals surface area (Å²) < 4.78 is 5.06. The molecule has 0 N–H and O–H groups in total. The highest BCUT2D eigenvalue weighted by molar-refractivity contribution is 5.87. The van der Waals surface area contributed by atoms with Gasteiger partial charge in [0.05, 0.1) is 6.61 Å². The molecule has 0 aromatic carbocycles. The molecule has 0 aromatic rings. The zero-order chi connectivity index (χ0) is 10.3. The second-order valence-electron chi connectivity index (χ2n) is 3.61. The summed E-state index contributed by atoms with van der Waals surface area (Å²) in [7, 11) is 0. The Morgan fingerprint density at radius 2 is 2.08 bits per heavy atom. The number of ether oxygens (including phenoxy) is 1. The van der Waals surface area contributed by atoms with Gasteiger partial charge in [0.2, 0.25) is 0 Å². The van der Waals surface area contributed by atoms with Gasteiger partial charge in [0.1, 0.15) is 0 Å². The molecule has 0 aliphatic carbocycles. The van der Waals surface area contributed by atoms with Crippen LogP contribution in [0.4, 0.5) is 0 Å². The average molecular weight is 184 g/mol. The first-order chi connectivity index (χ1) is 6.07. The van der Waals surface area contributed by atoms with Crippen molar-refractivity contribution in [3.05, 3.63) is 11.6 Å². The monoisotopic (exact) mass is 184 g/mol. The molecular formula is C11H20O2. The van der Waals surface area contributed by atoms with E-state index in [-0.39, 0.29) is 5.97 Å². The highest BCUT2D eigenvalue weighted by Crippen LogP contribution is 2.02. The van der Waals surface area contributed by atoms with Crippen LogP contribution >= 0.6 is 0 Å². The molecular weight excluding hydrogens is 164 g/mol. The molecule has 0 heterocycles. The van der Waals surface area contributed by atoms with E-state index < -0.39 is 0 Å². The molecule has 0 fully saturated rings. The van der Waals surface area contributed by atoms with Gasteiger partial charge in [-0.2, -0.15) is 0 Å². The summed E-state index contributed by atoms with van der Waals surface area (Å²) in [6.07, 6.45) is 3.70. The van der Waals surface area contributed by atoms with E-state index in [0.717, 1.165) is 12.8 Å². The number of hydrogen-bond donors (Lipinski definition) is 0. The van der Waals surface area contributed by atoms with E-state index in [9.17, 15) is 4.79 Å². The summed E-state index contributed by atoms with van der Waals surface area (Å²) in [5.74, 6) is 0.408. The van der Waals surface area contributed by atoms with Gasteiger partial charge < -0.3 is 4.74 Å². The molecule has 0 radical (unpaired) electrons. The number of hydrogen-bond acceptors (Lipinski definition) is 2. The minimum absolute atomic E-state index is 0.178. The Kier molecular flexibility index (Phi) is 6.29. The lowest BCUT2D eigenvalue weighted by Crippen LogP contribution is -2.08. The maximum absolute atomic E-state index is 11.2. The first kappa shape index (κ1) is 12.2. The van der Waals surface area contributed by atoms with Crippen molar-refractivity contribution in [2.24, 2.45) is 5.92 Å². The maximum Gasteiger partial charge on any atom is 0.333 e. The second-order valence-corrected chi connectivity index (χ2v) is 3.61. The van der Waals surface area contributed by atoms with Gasteiger partial charge in [0.25, 0.3) is 0 Å². The van der Waals surface area contributed by atoms with Crippen LogP contribution in [0.15, 0.2) is 11.6 Å². The number of esters is 1. The molecule has 76 valence electrons. The normalized spacial score (nSPS) is 11.9. The SMILES string of the molecule is CCC=C(C)C(=O)OCCC(C)C. The lowest BCUT2D eigenvalue weighted by Gasteiger charge is -2.06. The molecule has 0 saturated heterocycles. The predicted molar refractivity (Wildman–Crippen MR) is 54.5 cm³/mol. The third-order valence-corrected chi connectivity index (χ3v) is 1.76. The van der Waals surface area contributed by atoms with Crippen LogP contribution in [-0.2, 0) is 9.53 Å². The highest BCUT2D eigenvalue weighted by Gasteiger charge is 2.04. The van der Waals surface area contributed by atoms with Gasteiger partial charge in [-0.05, 0) is 25.7 Å². The van der Waals surface area contributed by atoms with E-state index in [0.29, 0.717) is 18.1 Å². The summed E-state index contributed by atoms with van der Waals surface area (Å²) in [6, 6.07) is 0. The summed E-state index contributed by atoms with van der Waals surface area (Å²) >= 11 is 0. The molecule has 0 aromatic heterocycles. The summed E-state index contributed by atoms with van der Waals surface area (Å²) in [6.45, 7) is 8.56. The molecule has 0 rings (SSSR count). The lowest BCUT2D eigenvalue weighted by atomic mass is 10.1. The van der Waals surface area contributed by atoms with Crippen molar-refractivity contribution in [2.75, 3.05) is 6.61 Å². The highest BCUT2D eigenvalue weighted by atomic mass is 16.5. The van der Waals surface area contributed by atoms with Gasteiger partial charge in [-0.1, -0.05) is 26.8 Å². The smallest absolute Gasteiger partial charge is 0.333 e. The molecule has 0 bridgehead atoms. The molecule has 0 aliphatic heterocycles. The van der Waals surface area contributed by atoms with E-state index >= 15 is 0 Å². The Morgan fingerprint density at radius 3 is 2.54 bits per heavy atom. The van der Waals surface area contributed by atoms with Crippen LogP contribution in [0.3, 0.4) is 0 Å². The maximum atomic E-state index is 11.2. The first-order valence-corrected chi connectivity index (χ1v) is 4.91. The molecule has 0 aliphatic rings. The zero-order valence-electron chi connectivity index (χ0n) is 9.09. The van der Waals surface area contributed by atoms with Crippen molar-refractivity contribution < 1.29 is 9.53 Å². The third kappa shape index (κ3) is 6.38. The van der Waals surface area contributed by atoms with Crippen LogP contribution in [0.5, 0.6) is 0 Å². The Hall–Kier alpha value is -0.790. The van der Waals surface area contributed by atoms with Crippen molar-refractivity contribution in [1.82, 2.24) is 0 Å². The van der Waals surface area contributed by atoms with Gasteiger partial charge >= 0.3 is 5.97 Å². The summed E-state index contributed by atoms with van der Waals surface area (Å²) in [4.78, 5) is 11.2. The zero-order valence-corrected chi connectivity index (χ0v) is 9.09. The molecule has 0 spiro atoms. The van der Waals surface area contributed by atoms with E-state index in [1.54, 1.807) is 6.92 Å². The van der Waals surface area contributed by atoms with Crippen LogP contribution in [0, 0.1) is 5.92 Å². The molecule has 2 nitrogen and oxygen atoms in total. The van der Waals surface area contributed by atoms with Gasteiger partial charge in [-0.15, -0.1) is 0 Å². The number of allylic oxidation sites excluding steroid dienone is 1. The first-order valence-electron chi connectivity index (χ1n) is 4.91. The van der Waals surface area contributed by atoms with Crippen molar-refractivity contribution in [2.45, 2.75) is 40.5 Å². The van der Waals surface area contributed by atoms with Gasteiger partial charge in [-0.3, -0.25) is 0 Å². The van der Waals surface area contributed by atoms with E-state index in [2.05, 4.69) is 13.8 Å². The number of carbonyl (C=O) groups is 1. The fourth-order valence-electron chi connectivity index (χ4n) is 0.891. The molecule has 13 heavy (non-hydrogen) atoms. The standard InChI is InChI=1S/C11H20O2/c1-5-6-10(4)11(12)13-8-7-9(2)3/h6,9H,5,7-8H2,1-4H3. The quantitative estimate of drug-likeness (QED) is 0.485. The largest absolute Gasteiger partial charge is 0.462 e. The minimum atomic E-state index is -0.178. The molecule has 2 heteroatoms. The lowest BCUT2D eigenvalue weighted by molar-refractivity contribution is -0.139. The van der Waals surface area contributed by atoms with E-state index in [1.807, 2.05) is 13.0 Å². The topological polar surface area (TPSA) is 26.3 Å². The van der Waals surface area contributed by atoms with Crippen molar-refractivity contribution in [1.29, 1.82) is 0 Å². The van der Waals surface area contributed by atoms with Crippen molar-refractivity contribution in [3.8, 4) is 0 Å². The van der Waals surface area contributed by atoms with Crippen LogP contribution in [-0.4, -0.2) is 12.6 Å². The van der Waals surface area contributed by atoms with E-state index in [4.69, 9.17) is 4.74 Å². The number of carbonyl (C=O) groups excluding carboxylic acids is 1. The molecule has 0 atom stereocenters. The van der Waals surface area contributed by atoms with Gasteiger partial charge in [-0.25, -0.2) is 4.79 Å². The minimum Gasteiger partial charge on any atom is -0.462 e. The van der Waals surface area contributed by atoms with Gasteiger partial charge in [0.15, 0.2) is 0 Å². The fourth-order valence-corrected chi connectivity index (χ4v) is 0.891. The average Bonchev–Trinajstić information content (AvgIpc) is 2.04. The van der Waals surface area contributed by atoms with Crippen LogP contribution < -0.4 is 0 Å². The summed E-state index contributed by atoms with van der Waals surface area (Å²) in [5, 5.41) is 0. The Bertz CT molecular complexity index is 181. The van der Waals surface area contributed by atoms with Crippen molar-refractivity contribution >= 4 is 5.97 Å². The molecule has 0 unspecified atom stereocenters. The predicted octanol–water partition coefficient (Wildman–Crippen LogP) is 2.93. The second kappa shape index (κ2) is 6.70. The fraction of sp³-hybridized carbons (Fsp3) is 0.727. The molecule has 0 amide bonds. The Labute approximate surface area is 81.0 Å². The third-order valence-electron chi connectivity index (χ3n) is 1.76. The Balaban J connectivity index is 3.69. The Morgan fingerprint density at radius 1 is 1.46 bits per heavy atom. The van der Waals surface area contributed by atoms with Crippen LogP contribution in [0.1, 0.15) is 40.5 Å². The number of rotatable bonds is 5. The summed E-state index contributed by atoms with van der Waals surface area (Å²) in [5.41, 5.74) is 0.714. The van der Waals surface area contributed by atoms with Crippen LogP contribution in [0.25, 0.3) is 0 Å².